The number of halogens is 1. The molecule has 22 heavy (non-hydrogen) atoms. The molecule has 3 nitrogen and oxygen atoms in total. The summed E-state index contributed by atoms with van der Waals surface area (Å²) in [6.07, 6.45) is 10.5. The topological polar surface area (TPSA) is 36.1 Å². The molecule has 8 unspecified atom stereocenters. The number of fused-ring (bicyclic) bond motifs is 1. The second-order valence-electron chi connectivity index (χ2n) is 8.20. The molecule has 0 aromatic carbocycles. The molecule has 0 aromatic rings. The maximum absolute atomic E-state index is 3.99. The van der Waals surface area contributed by atoms with Gasteiger partial charge < -0.3 is 0 Å². The number of alkyl halides is 1. The zero-order chi connectivity index (χ0) is 15.7. The summed E-state index contributed by atoms with van der Waals surface area (Å²) >= 11 is 3.86. The fourth-order valence-electron chi connectivity index (χ4n) is 5.02. The Balaban J connectivity index is 1.61. The van der Waals surface area contributed by atoms with Crippen molar-refractivity contribution in [3.63, 3.8) is 0 Å². The molecule has 0 aromatic heterocycles. The molecule has 1 aliphatic heterocycles. The Morgan fingerprint density at radius 2 is 1.86 bits per heavy atom. The van der Waals surface area contributed by atoms with Gasteiger partial charge in [-0.3, -0.25) is 16.0 Å². The maximum atomic E-state index is 3.99. The lowest BCUT2D eigenvalue weighted by atomic mass is 9.77. The van der Waals surface area contributed by atoms with Crippen LogP contribution in [0.4, 0.5) is 0 Å². The van der Waals surface area contributed by atoms with Crippen LogP contribution in [0, 0.1) is 17.8 Å². The number of hydrogen-bond acceptors (Lipinski definition) is 3. The average molecular weight is 372 g/mol. The molecule has 0 spiro atoms. The molecule has 3 aliphatic rings. The highest BCUT2D eigenvalue weighted by Crippen LogP contribution is 2.35. The molecule has 2 saturated carbocycles. The summed E-state index contributed by atoms with van der Waals surface area (Å²) in [6.45, 7) is 7.11. The van der Waals surface area contributed by atoms with Crippen molar-refractivity contribution in [3.05, 3.63) is 0 Å². The van der Waals surface area contributed by atoms with Gasteiger partial charge >= 0.3 is 0 Å². The number of hydrogen-bond donors (Lipinski definition) is 3. The van der Waals surface area contributed by atoms with Gasteiger partial charge in [0.15, 0.2) is 0 Å². The van der Waals surface area contributed by atoms with Crippen molar-refractivity contribution < 1.29 is 0 Å². The summed E-state index contributed by atoms with van der Waals surface area (Å²) in [4.78, 5) is 0.695. The standard InChI is InChI=1S/C18H34BrN3/c1-11-5-4-6-14(9-11)12(2)20-18-16-10-15(19)7-8-17(16)21-13(3)22-18/h11-18,20-22H,4-10H2,1-3H3. The molecule has 3 N–H and O–H groups in total. The number of rotatable bonds is 3. The lowest BCUT2D eigenvalue weighted by Crippen LogP contribution is -2.69. The van der Waals surface area contributed by atoms with Crippen molar-refractivity contribution in [2.75, 3.05) is 0 Å². The van der Waals surface area contributed by atoms with Crippen LogP contribution in [-0.2, 0) is 0 Å². The largest absolute Gasteiger partial charge is 0.299 e. The van der Waals surface area contributed by atoms with E-state index in [1.165, 1.54) is 44.9 Å². The first-order chi connectivity index (χ1) is 10.5. The van der Waals surface area contributed by atoms with Gasteiger partial charge in [-0.2, -0.15) is 0 Å². The van der Waals surface area contributed by atoms with E-state index in [2.05, 4.69) is 52.7 Å². The summed E-state index contributed by atoms with van der Waals surface area (Å²) in [5.41, 5.74) is 0. The van der Waals surface area contributed by atoms with Gasteiger partial charge in [0.05, 0.1) is 12.3 Å². The van der Waals surface area contributed by atoms with E-state index >= 15 is 0 Å². The molecule has 0 radical (unpaired) electrons. The Labute approximate surface area is 144 Å². The molecule has 8 atom stereocenters. The molecular weight excluding hydrogens is 338 g/mol. The molecule has 3 fully saturated rings. The van der Waals surface area contributed by atoms with Gasteiger partial charge in [-0.05, 0) is 57.8 Å². The monoisotopic (exact) mass is 371 g/mol. The Kier molecular flexibility index (Phi) is 5.86. The van der Waals surface area contributed by atoms with Gasteiger partial charge in [0.1, 0.15) is 0 Å². The minimum Gasteiger partial charge on any atom is -0.299 e. The van der Waals surface area contributed by atoms with E-state index in [1.54, 1.807) is 0 Å². The van der Waals surface area contributed by atoms with Crippen molar-refractivity contribution in [2.24, 2.45) is 17.8 Å². The molecule has 1 saturated heterocycles. The quantitative estimate of drug-likeness (QED) is 0.663. The zero-order valence-electron chi connectivity index (χ0n) is 14.4. The van der Waals surface area contributed by atoms with Crippen LogP contribution in [0.1, 0.15) is 65.7 Å². The van der Waals surface area contributed by atoms with E-state index in [1.807, 2.05) is 0 Å². The molecule has 0 amide bonds. The van der Waals surface area contributed by atoms with Gasteiger partial charge in [0, 0.05) is 22.8 Å². The van der Waals surface area contributed by atoms with Gasteiger partial charge in [0.2, 0.25) is 0 Å². The lowest BCUT2D eigenvalue weighted by molar-refractivity contribution is 0.0911. The highest BCUT2D eigenvalue weighted by molar-refractivity contribution is 9.09. The Morgan fingerprint density at radius 1 is 1.05 bits per heavy atom. The first-order valence-electron chi connectivity index (χ1n) is 9.45. The third-order valence-electron chi connectivity index (χ3n) is 6.28. The van der Waals surface area contributed by atoms with Gasteiger partial charge in [-0.15, -0.1) is 0 Å². The van der Waals surface area contributed by atoms with E-state index in [0.717, 1.165) is 11.8 Å². The SMILES string of the molecule is CC1CCCC(C(C)NC2NC(C)NC3CCC(Br)CC32)C1. The minimum atomic E-state index is 0.420. The number of nitrogens with one attached hydrogen (secondary N) is 3. The van der Waals surface area contributed by atoms with Gasteiger partial charge in [-0.1, -0.05) is 35.7 Å². The van der Waals surface area contributed by atoms with Crippen LogP contribution in [0.2, 0.25) is 0 Å². The van der Waals surface area contributed by atoms with Crippen LogP contribution < -0.4 is 16.0 Å². The summed E-state index contributed by atoms with van der Waals surface area (Å²) in [5.74, 6) is 2.48. The fraction of sp³-hybridized carbons (Fsp3) is 1.00. The first-order valence-corrected chi connectivity index (χ1v) is 10.4. The fourth-order valence-corrected chi connectivity index (χ4v) is 5.71. The molecule has 0 bridgehead atoms. The van der Waals surface area contributed by atoms with Crippen LogP contribution in [0.15, 0.2) is 0 Å². The van der Waals surface area contributed by atoms with Crippen molar-refractivity contribution in [3.8, 4) is 0 Å². The smallest absolute Gasteiger partial charge is 0.0630 e. The maximum Gasteiger partial charge on any atom is 0.0630 e. The second-order valence-corrected chi connectivity index (χ2v) is 9.50. The second kappa shape index (κ2) is 7.50. The lowest BCUT2D eigenvalue weighted by Gasteiger charge is -2.48. The Morgan fingerprint density at radius 3 is 2.64 bits per heavy atom. The molecular formula is C18H34BrN3. The van der Waals surface area contributed by atoms with Gasteiger partial charge in [0.25, 0.3) is 0 Å². The van der Waals surface area contributed by atoms with E-state index in [-0.39, 0.29) is 0 Å². The summed E-state index contributed by atoms with van der Waals surface area (Å²) in [7, 11) is 0. The van der Waals surface area contributed by atoms with Crippen LogP contribution >= 0.6 is 15.9 Å². The van der Waals surface area contributed by atoms with E-state index in [9.17, 15) is 0 Å². The van der Waals surface area contributed by atoms with Crippen molar-refractivity contribution in [1.29, 1.82) is 0 Å². The summed E-state index contributed by atoms with van der Waals surface area (Å²) in [5, 5.41) is 11.5. The minimum absolute atomic E-state index is 0.420. The summed E-state index contributed by atoms with van der Waals surface area (Å²) < 4.78 is 0. The highest BCUT2D eigenvalue weighted by Gasteiger charge is 2.40. The third-order valence-corrected chi connectivity index (χ3v) is 7.12. The van der Waals surface area contributed by atoms with E-state index < -0.39 is 0 Å². The summed E-state index contributed by atoms with van der Waals surface area (Å²) in [6, 6.07) is 1.31. The first kappa shape index (κ1) is 17.2. The van der Waals surface area contributed by atoms with Crippen molar-refractivity contribution in [1.82, 2.24) is 16.0 Å². The molecule has 3 rings (SSSR count). The highest BCUT2D eigenvalue weighted by atomic mass is 79.9. The van der Waals surface area contributed by atoms with Gasteiger partial charge in [-0.25, -0.2) is 0 Å². The molecule has 1 heterocycles. The molecule has 128 valence electrons. The average Bonchev–Trinajstić information content (AvgIpc) is 2.48. The molecule has 2 aliphatic carbocycles. The van der Waals surface area contributed by atoms with Crippen LogP contribution in [0.3, 0.4) is 0 Å². The van der Waals surface area contributed by atoms with E-state index in [0.29, 0.717) is 35.2 Å². The molecule has 4 heteroatoms. The Bertz CT molecular complexity index is 364. The Hall–Kier alpha value is 0.360. The third kappa shape index (κ3) is 4.06. The van der Waals surface area contributed by atoms with Crippen LogP contribution in [0.5, 0.6) is 0 Å². The van der Waals surface area contributed by atoms with Crippen LogP contribution in [-0.4, -0.2) is 29.2 Å². The zero-order valence-corrected chi connectivity index (χ0v) is 16.0. The van der Waals surface area contributed by atoms with E-state index in [4.69, 9.17) is 0 Å². The predicted molar refractivity (Wildman–Crippen MR) is 97.1 cm³/mol. The van der Waals surface area contributed by atoms with Crippen molar-refractivity contribution >= 4 is 15.9 Å². The normalized spacial score (nSPS) is 47.7. The van der Waals surface area contributed by atoms with Crippen molar-refractivity contribution in [2.45, 2.75) is 95.0 Å². The predicted octanol–water partition coefficient (Wildman–Crippen LogP) is 3.59. The van der Waals surface area contributed by atoms with Crippen LogP contribution in [0.25, 0.3) is 0 Å².